The average Bonchev–Trinajstić information content (AvgIpc) is 2.58. The lowest BCUT2D eigenvalue weighted by Gasteiger charge is -2.15. The van der Waals surface area contributed by atoms with Crippen molar-refractivity contribution in [1.82, 2.24) is 5.32 Å². The van der Waals surface area contributed by atoms with Gasteiger partial charge in [-0.25, -0.2) is 0 Å². The van der Waals surface area contributed by atoms with E-state index < -0.39 is 12.0 Å². The van der Waals surface area contributed by atoms with E-state index in [9.17, 15) is 4.79 Å². The normalized spacial score (nSPS) is 13.0. The predicted octanol–water partition coefficient (Wildman–Crippen LogP) is 3.10. The molecule has 0 aromatic carbocycles. The fraction of sp³-hybridized carbons (Fsp3) is 0.545. The van der Waals surface area contributed by atoms with Gasteiger partial charge in [-0.1, -0.05) is 13.8 Å². The zero-order valence-electron chi connectivity index (χ0n) is 9.37. The maximum atomic E-state index is 11.0. The lowest BCUT2D eigenvalue weighted by Crippen LogP contribution is -2.37. The zero-order chi connectivity index (χ0) is 12.1. The van der Waals surface area contributed by atoms with E-state index in [1.165, 1.54) is 0 Å². The first kappa shape index (κ1) is 13.7. The smallest absolute Gasteiger partial charge is 0.320 e. The second-order valence-corrected chi connectivity index (χ2v) is 6.04. The van der Waals surface area contributed by atoms with Crippen molar-refractivity contribution in [3.63, 3.8) is 0 Å². The van der Waals surface area contributed by atoms with E-state index in [1.54, 1.807) is 11.3 Å². The minimum absolute atomic E-state index is 0.378. The number of carboxylic acids is 1. The summed E-state index contributed by atoms with van der Waals surface area (Å²) in [6.45, 7) is 4.67. The Morgan fingerprint density at radius 2 is 2.31 bits per heavy atom. The molecule has 0 saturated carbocycles. The largest absolute Gasteiger partial charge is 0.480 e. The highest BCUT2D eigenvalue weighted by atomic mass is 79.9. The van der Waals surface area contributed by atoms with Crippen molar-refractivity contribution in [3.8, 4) is 0 Å². The first-order valence-electron chi connectivity index (χ1n) is 5.18. The number of rotatable bonds is 6. The molecule has 0 aliphatic heterocycles. The second kappa shape index (κ2) is 6.37. The van der Waals surface area contributed by atoms with Gasteiger partial charge in [-0.2, -0.15) is 0 Å². The second-order valence-electron chi connectivity index (χ2n) is 4.13. The SMILES string of the molecule is CC(C)C[C@H](NCc1cc(Br)cs1)C(=O)O. The molecule has 0 spiro atoms. The standard InChI is InChI=1S/C11H16BrNO2S/c1-7(2)3-10(11(14)15)13-5-9-4-8(12)6-16-9/h4,6-7,10,13H,3,5H2,1-2H3,(H,14,15)/t10-/m0/s1. The summed E-state index contributed by atoms with van der Waals surface area (Å²) in [5.41, 5.74) is 0. The fourth-order valence-electron chi connectivity index (χ4n) is 1.41. The summed E-state index contributed by atoms with van der Waals surface area (Å²) in [5, 5.41) is 14.1. The van der Waals surface area contributed by atoms with Crippen LogP contribution in [0.25, 0.3) is 0 Å². The minimum Gasteiger partial charge on any atom is -0.480 e. The highest BCUT2D eigenvalue weighted by Gasteiger charge is 2.18. The van der Waals surface area contributed by atoms with Gasteiger partial charge >= 0.3 is 5.97 Å². The number of hydrogen-bond donors (Lipinski definition) is 2. The van der Waals surface area contributed by atoms with Gasteiger partial charge in [0.05, 0.1) is 0 Å². The number of thiophene rings is 1. The number of hydrogen-bond acceptors (Lipinski definition) is 3. The van der Waals surface area contributed by atoms with Crippen LogP contribution in [0.3, 0.4) is 0 Å². The van der Waals surface area contributed by atoms with E-state index in [-0.39, 0.29) is 0 Å². The van der Waals surface area contributed by atoms with E-state index in [2.05, 4.69) is 21.2 Å². The fourth-order valence-corrected chi connectivity index (χ4v) is 2.82. The van der Waals surface area contributed by atoms with Crippen molar-refractivity contribution in [2.45, 2.75) is 32.9 Å². The highest BCUT2D eigenvalue weighted by Crippen LogP contribution is 2.19. The van der Waals surface area contributed by atoms with E-state index in [4.69, 9.17) is 5.11 Å². The molecule has 2 N–H and O–H groups in total. The van der Waals surface area contributed by atoms with Crippen molar-refractivity contribution in [2.75, 3.05) is 0 Å². The quantitative estimate of drug-likeness (QED) is 0.849. The van der Waals surface area contributed by atoms with Gasteiger partial charge in [0.15, 0.2) is 0 Å². The van der Waals surface area contributed by atoms with Crippen LogP contribution in [0.2, 0.25) is 0 Å². The van der Waals surface area contributed by atoms with Gasteiger partial charge in [0, 0.05) is 21.3 Å². The molecule has 5 heteroatoms. The number of halogens is 1. The molecule has 0 fully saturated rings. The third-order valence-electron chi connectivity index (χ3n) is 2.15. The maximum absolute atomic E-state index is 11.0. The van der Waals surface area contributed by atoms with Crippen molar-refractivity contribution in [2.24, 2.45) is 5.92 Å². The van der Waals surface area contributed by atoms with Crippen LogP contribution in [-0.4, -0.2) is 17.1 Å². The van der Waals surface area contributed by atoms with Crippen LogP contribution in [-0.2, 0) is 11.3 Å². The molecule has 0 radical (unpaired) electrons. The van der Waals surface area contributed by atoms with E-state index in [0.29, 0.717) is 18.9 Å². The molecule has 1 aromatic rings. The third kappa shape index (κ3) is 4.63. The number of nitrogens with one attached hydrogen (secondary N) is 1. The Bertz CT molecular complexity index is 352. The first-order valence-corrected chi connectivity index (χ1v) is 6.85. The first-order chi connectivity index (χ1) is 7.49. The Balaban J connectivity index is 2.46. The average molecular weight is 306 g/mol. The lowest BCUT2D eigenvalue weighted by atomic mass is 10.0. The summed E-state index contributed by atoms with van der Waals surface area (Å²) in [6.07, 6.45) is 0.655. The Morgan fingerprint density at radius 1 is 1.62 bits per heavy atom. The molecule has 0 bridgehead atoms. The molecule has 3 nitrogen and oxygen atoms in total. The topological polar surface area (TPSA) is 49.3 Å². The van der Waals surface area contributed by atoms with E-state index in [0.717, 1.165) is 9.35 Å². The molecule has 90 valence electrons. The van der Waals surface area contributed by atoms with E-state index in [1.807, 2.05) is 25.3 Å². The van der Waals surface area contributed by atoms with Crippen LogP contribution in [0.4, 0.5) is 0 Å². The van der Waals surface area contributed by atoms with Crippen LogP contribution in [0.5, 0.6) is 0 Å². The zero-order valence-corrected chi connectivity index (χ0v) is 11.8. The molecule has 1 aromatic heterocycles. The van der Waals surface area contributed by atoms with Gasteiger partial charge in [0.25, 0.3) is 0 Å². The summed E-state index contributed by atoms with van der Waals surface area (Å²) in [7, 11) is 0. The summed E-state index contributed by atoms with van der Waals surface area (Å²) >= 11 is 4.99. The van der Waals surface area contributed by atoms with Crippen molar-refractivity contribution < 1.29 is 9.90 Å². The monoisotopic (exact) mass is 305 g/mol. The maximum Gasteiger partial charge on any atom is 0.320 e. The molecule has 0 saturated heterocycles. The van der Waals surface area contributed by atoms with Crippen LogP contribution in [0, 0.1) is 5.92 Å². The minimum atomic E-state index is -0.774. The number of carboxylic acid groups (broad SMARTS) is 1. The molecule has 0 amide bonds. The molecule has 16 heavy (non-hydrogen) atoms. The van der Waals surface area contributed by atoms with Gasteiger partial charge in [-0.15, -0.1) is 11.3 Å². The van der Waals surface area contributed by atoms with Crippen LogP contribution in [0.15, 0.2) is 15.9 Å². The van der Waals surface area contributed by atoms with Gasteiger partial charge in [-0.05, 0) is 34.3 Å². The third-order valence-corrected chi connectivity index (χ3v) is 3.85. The Labute approximate surface area is 108 Å². The van der Waals surface area contributed by atoms with Crippen molar-refractivity contribution >= 4 is 33.2 Å². The molecule has 0 aliphatic carbocycles. The van der Waals surface area contributed by atoms with Gasteiger partial charge in [-0.3, -0.25) is 10.1 Å². The van der Waals surface area contributed by atoms with Crippen molar-refractivity contribution in [1.29, 1.82) is 0 Å². The Hall–Kier alpha value is -0.390. The summed E-state index contributed by atoms with van der Waals surface area (Å²) in [5.74, 6) is -0.395. The van der Waals surface area contributed by atoms with Gasteiger partial charge in [0.2, 0.25) is 0 Å². The molecule has 0 aliphatic rings. The predicted molar refractivity (Wildman–Crippen MR) is 69.7 cm³/mol. The molecular formula is C11H16BrNO2S. The highest BCUT2D eigenvalue weighted by molar-refractivity contribution is 9.10. The molecular weight excluding hydrogens is 290 g/mol. The molecule has 1 rings (SSSR count). The summed E-state index contributed by atoms with van der Waals surface area (Å²) < 4.78 is 1.05. The van der Waals surface area contributed by atoms with E-state index >= 15 is 0 Å². The summed E-state index contributed by atoms with van der Waals surface area (Å²) in [4.78, 5) is 12.1. The van der Waals surface area contributed by atoms with Crippen molar-refractivity contribution in [3.05, 3.63) is 20.8 Å². The number of carbonyl (C=O) groups is 1. The van der Waals surface area contributed by atoms with Gasteiger partial charge < -0.3 is 5.11 Å². The van der Waals surface area contributed by atoms with Crippen LogP contribution >= 0.6 is 27.3 Å². The Kier molecular flexibility index (Phi) is 5.44. The summed E-state index contributed by atoms with van der Waals surface area (Å²) in [6, 6.07) is 1.55. The lowest BCUT2D eigenvalue weighted by molar-refractivity contribution is -0.139. The number of aliphatic carboxylic acids is 1. The van der Waals surface area contributed by atoms with Crippen LogP contribution in [0.1, 0.15) is 25.1 Å². The molecule has 1 heterocycles. The molecule has 0 unspecified atom stereocenters. The molecule has 1 atom stereocenters. The van der Waals surface area contributed by atoms with Gasteiger partial charge in [0.1, 0.15) is 6.04 Å². The Morgan fingerprint density at radius 3 is 2.75 bits per heavy atom. The van der Waals surface area contributed by atoms with Crippen LogP contribution < -0.4 is 5.32 Å².